The molecule has 1 aromatic carbocycles. The van der Waals surface area contributed by atoms with E-state index in [1.807, 2.05) is 6.07 Å². The van der Waals surface area contributed by atoms with Gasteiger partial charge in [-0.25, -0.2) is 0 Å². The van der Waals surface area contributed by atoms with Crippen molar-refractivity contribution < 1.29 is 0 Å². The predicted molar refractivity (Wildman–Crippen MR) is 80.3 cm³/mol. The van der Waals surface area contributed by atoms with Gasteiger partial charge in [-0.2, -0.15) is 4.52 Å². The fraction of sp³-hybridized carbons (Fsp3) is 0.357. The number of aromatic nitrogens is 6. The van der Waals surface area contributed by atoms with Crippen molar-refractivity contribution in [1.29, 1.82) is 0 Å². The summed E-state index contributed by atoms with van der Waals surface area (Å²) in [6, 6.07) is 10.5. The molecule has 3 heterocycles. The third-order valence-electron chi connectivity index (χ3n) is 3.84. The molecular formula is C14H16N8. The highest BCUT2D eigenvalue weighted by Gasteiger charge is 2.20. The van der Waals surface area contributed by atoms with Crippen molar-refractivity contribution in [2.75, 3.05) is 31.1 Å². The summed E-state index contributed by atoms with van der Waals surface area (Å²) in [7, 11) is 0. The van der Waals surface area contributed by atoms with Crippen LogP contribution in [0.3, 0.4) is 0 Å². The Kier molecular flexibility index (Phi) is 3.36. The predicted octanol–water partition coefficient (Wildman–Crippen LogP) is 0.236. The summed E-state index contributed by atoms with van der Waals surface area (Å²) in [5.74, 6) is 1.05. The van der Waals surface area contributed by atoms with Crippen LogP contribution >= 0.6 is 0 Å². The Bertz CT molecular complexity index is 748. The Hall–Kier alpha value is -2.61. The molecule has 3 aromatic rings. The maximum absolute atomic E-state index is 4.39. The van der Waals surface area contributed by atoms with Crippen LogP contribution < -0.4 is 4.90 Å². The summed E-state index contributed by atoms with van der Waals surface area (Å²) < 4.78 is 1.55. The molecule has 0 N–H and O–H groups in total. The van der Waals surface area contributed by atoms with Crippen LogP contribution in [0.1, 0.15) is 5.56 Å². The summed E-state index contributed by atoms with van der Waals surface area (Å²) in [6.07, 6.45) is 1.54. The van der Waals surface area contributed by atoms with Crippen LogP contribution in [0, 0.1) is 0 Å². The minimum Gasteiger partial charge on any atom is -0.336 e. The normalized spacial score (nSPS) is 16.3. The molecule has 0 spiro atoms. The Morgan fingerprint density at radius 1 is 0.909 bits per heavy atom. The summed E-state index contributed by atoms with van der Waals surface area (Å²) in [5.41, 5.74) is 1.35. The highest BCUT2D eigenvalue weighted by molar-refractivity contribution is 5.31. The third kappa shape index (κ3) is 2.60. The highest BCUT2D eigenvalue weighted by Crippen LogP contribution is 2.12. The fourth-order valence-corrected chi connectivity index (χ4v) is 2.64. The van der Waals surface area contributed by atoms with Crippen LogP contribution in [0.2, 0.25) is 0 Å². The van der Waals surface area contributed by atoms with Crippen molar-refractivity contribution in [1.82, 2.24) is 34.9 Å². The number of nitrogens with zero attached hydrogens (tertiary/aromatic N) is 8. The molecule has 0 saturated carbocycles. The van der Waals surface area contributed by atoms with E-state index in [1.54, 1.807) is 10.8 Å². The Labute approximate surface area is 127 Å². The second kappa shape index (κ2) is 5.64. The quantitative estimate of drug-likeness (QED) is 0.685. The molecule has 1 aliphatic heterocycles. The molecule has 0 amide bonds. The van der Waals surface area contributed by atoms with Crippen LogP contribution in [-0.4, -0.2) is 61.1 Å². The molecule has 1 saturated heterocycles. The number of rotatable bonds is 3. The summed E-state index contributed by atoms with van der Waals surface area (Å²) in [5, 5.41) is 20.1. The molecule has 0 atom stereocenters. The Morgan fingerprint density at radius 3 is 2.55 bits per heavy atom. The van der Waals surface area contributed by atoms with Gasteiger partial charge in [-0.15, -0.1) is 25.5 Å². The van der Waals surface area contributed by atoms with Crippen LogP contribution in [-0.2, 0) is 6.54 Å². The molecular weight excluding hydrogens is 280 g/mol. The summed E-state index contributed by atoms with van der Waals surface area (Å²) in [4.78, 5) is 4.59. The van der Waals surface area contributed by atoms with Crippen molar-refractivity contribution >= 4 is 11.7 Å². The maximum atomic E-state index is 4.39. The molecule has 2 aromatic heterocycles. The third-order valence-corrected chi connectivity index (χ3v) is 3.84. The number of hydrogen-bond donors (Lipinski definition) is 0. The molecule has 4 rings (SSSR count). The van der Waals surface area contributed by atoms with Gasteiger partial charge in [-0.05, 0) is 5.56 Å². The summed E-state index contributed by atoms with van der Waals surface area (Å²) >= 11 is 0. The molecule has 0 unspecified atom stereocenters. The number of fused-ring (bicyclic) bond motifs is 1. The van der Waals surface area contributed by atoms with Gasteiger partial charge in [0.25, 0.3) is 11.7 Å². The van der Waals surface area contributed by atoms with E-state index in [1.165, 1.54) is 5.56 Å². The Morgan fingerprint density at radius 2 is 1.73 bits per heavy atom. The van der Waals surface area contributed by atoms with Crippen molar-refractivity contribution in [2.24, 2.45) is 0 Å². The maximum Gasteiger partial charge on any atom is 0.290 e. The molecule has 1 fully saturated rings. The second-order valence-corrected chi connectivity index (χ2v) is 5.32. The van der Waals surface area contributed by atoms with E-state index in [4.69, 9.17) is 0 Å². The first kappa shape index (κ1) is 13.1. The number of hydrogen-bond acceptors (Lipinski definition) is 7. The standard InChI is InChI=1S/C14H16N8/c1-2-4-12(5-3-1)10-20-6-8-21(9-7-20)14-18-17-13-16-15-11-22(13)19-14/h1-5,11H,6-10H2. The molecule has 8 heteroatoms. The number of anilines is 1. The van der Waals surface area contributed by atoms with Crippen molar-refractivity contribution in [3.63, 3.8) is 0 Å². The number of benzene rings is 1. The first-order chi connectivity index (χ1) is 10.9. The van der Waals surface area contributed by atoms with E-state index in [9.17, 15) is 0 Å². The fourth-order valence-electron chi connectivity index (χ4n) is 2.64. The van der Waals surface area contributed by atoms with Gasteiger partial charge in [0.15, 0.2) is 0 Å². The second-order valence-electron chi connectivity index (χ2n) is 5.32. The van der Waals surface area contributed by atoms with Crippen molar-refractivity contribution in [3.05, 3.63) is 42.2 Å². The lowest BCUT2D eigenvalue weighted by Crippen LogP contribution is -2.46. The smallest absolute Gasteiger partial charge is 0.290 e. The zero-order chi connectivity index (χ0) is 14.8. The lowest BCUT2D eigenvalue weighted by Gasteiger charge is -2.34. The average Bonchev–Trinajstić information content (AvgIpc) is 3.04. The van der Waals surface area contributed by atoms with Gasteiger partial charge < -0.3 is 4.90 Å². The van der Waals surface area contributed by atoms with Gasteiger partial charge in [-0.3, -0.25) is 4.90 Å². The van der Waals surface area contributed by atoms with E-state index in [-0.39, 0.29) is 0 Å². The van der Waals surface area contributed by atoms with E-state index in [0.717, 1.165) is 32.7 Å². The van der Waals surface area contributed by atoms with Crippen LogP contribution in [0.4, 0.5) is 5.95 Å². The molecule has 112 valence electrons. The monoisotopic (exact) mass is 296 g/mol. The van der Waals surface area contributed by atoms with Crippen molar-refractivity contribution in [2.45, 2.75) is 6.54 Å². The molecule has 8 nitrogen and oxygen atoms in total. The first-order valence-electron chi connectivity index (χ1n) is 7.30. The number of piperazine rings is 1. The highest BCUT2D eigenvalue weighted by atomic mass is 15.5. The van der Waals surface area contributed by atoms with Gasteiger partial charge in [0.2, 0.25) is 0 Å². The van der Waals surface area contributed by atoms with Crippen LogP contribution in [0.15, 0.2) is 36.7 Å². The van der Waals surface area contributed by atoms with Crippen LogP contribution in [0.5, 0.6) is 0 Å². The lowest BCUT2D eigenvalue weighted by molar-refractivity contribution is 0.248. The van der Waals surface area contributed by atoms with E-state index < -0.39 is 0 Å². The SMILES string of the molecule is c1ccc(CN2CCN(c3nnc4nncn4n3)CC2)cc1. The van der Waals surface area contributed by atoms with Gasteiger partial charge in [-0.1, -0.05) is 30.3 Å². The zero-order valence-electron chi connectivity index (χ0n) is 12.1. The summed E-state index contributed by atoms with van der Waals surface area (Å²) in [6.45, 7) is 4.74. The molecule has 0 aliphatic carbocycles. The lowest BCUT2D eigenvalue weighted by atomic mass is 10.2. The van der Waals surface area contributed by atoms with Crippen molar-refractivity contribution in [3.8, 4) is 0 Å². The molecule has 0 bridgehead atoms. The first-order valence-corrected chi connectivity index (χ1v) is 7.30. The minimum atomic E-state index is 0.423. The molecule has 1 aliphatic rings. The van der Waals surface area contributed by atoms with E-state index in [0.29, 0.717) is 11.7 Å². The Balaban J connectivity index is 1.41. The largest absolute Gasteiger partial charge is 0.336 e. The molecule has 22 heavy (non-hydrogen) atoms. The average molecular weight is 296 g/mol. The minimum absolute atomic E-state index is 0.423. The van der Waals surface area contributed by atoms with E-state index in [2.05, 4.69) is 59.6 Å². The van der Waals surface area contributed by atoms with Crippen LogP contribution in [0.25, 0.3) is 5.78 Å². The molecule has 0 radical (unpaired) electrons. The van der Waals surface area contributed by atoms with Gasteiger partial charge in [0, 0.05) is 32.7 Å². The zero-order valence-corrected chi connectivity index (χ0v) is 12.1. The van der Waals surface area contributed by atoms with E-state index >= 15 is 0 Å². The topological polar surface area (TPSA) is 75.3 Å². The van der Waals surface area contributed by atoms with Gasteiger partial charge >= 0.3 is 0 Å². The van der Waals surface area contributed by atoms with Gasteiger partial charge in [0.1, 0.15) is 6.33 Å². The van der Waals surface area contributed by atoms with Gasteiger partial charge in [0.05, 0.1) is 0 Å².